The summed E-state index contributed by atoms with van der Waals surface area (Å²) in [6.45, 7) is 8.46. The van der Waals surface area contributed by atoms with E-state index in [2.05, 4.69) is 11.4 Å². The highest BCUT2D eigenvalue weighted by Crippen LogP contribution is 2.21. The maximum atomic E-state index is 12.1. The van der Waals surface area contributed by atoms with Gasteiger partial charge in [0.05, 0.1) is 6.42 Å². The molecule has 25 heavy (non-hydrogen) atoms. The van der Waals surface area contributed by atoms with Gasteiger partial charge in [-0.2, -0.15) is 0 Å². The van der Waals surface area contributed by atoms with Crippen molar-refractivity contribution in [2.24, 2.45) is 0 Å². The second-order valence-corrected chi connectivity index (χ2v) is 6.41. The summed E-state index contributed by atoms with van der Waals surface area (Å²) in [5.41, 5.74) is 5.25. The third-order valence-corrected chi connectivity index (χ3v) is 4.29. The average Bonchev–Trinajstić information content (AvgIpc) is 2.54. The Bertz CT molecular complexity index is 768. The van der Waals surface area contributed by atoms with Crippen LogP contribution in [0.1, 0.15) is 29.2 Å². The van der Waals surface area contributed by atoms with Gasteiger partial charge in [0.15, 0.2) is 0 Å². The van der Waals surface area contributed by atoms with Crippen LogP contribution in [0.2, 0.25) is 0 Å². The fourth-order valence-electron chi connectivity index (χ4n) is 2.91. The number of aryl methyl sites for hydroxylation is 3. The topological polar surface area (TPSA) is 49.4 Å². The Kier molecular flexibility index (Phi) is 6.34. The summed E-state index contributed by atoms with van der Waals surface area (Å²) in [7, 11) is 0. The number of rotatable bonds is 6. The number of anilines is 1. The molecule has 0 radical (unpaired) electrons. The van der Waals surface area contributed by atoms with Crippen molar-refractivity contribution in [3.8, 4) is 0 Å². The van der Waals surface area contributed by atoms with Crippen molar-refractivity contribution in [2.45, 2.75) is 34.1 Å². The van der Waals surface area contributed by atoms with E-state index in [1.807, 2.05) is 57.2 Å². The smallest absolute Gasteiger partial charge is 0.224 e. The van der Waals surface area contributed by atoms with Crippen molar-refractivity contribution >= 4 is 17.5 Å². The van der Waals surface area contributed by atoms with Gasteiger partial charge >= 0.3 is 0 Å². The summed E-state index contributed by atoms with van der Waals surface area (Å²) in [5.74, 6) is -0.0569. The zero-order valence-corrected chi connectivity index (χ0v) is 15.4. The normalized spacial score (nSPS) is 10.4. The molecule has 132 valence electrons. The molecule has 0 fully saturated rings. The van der Waals surface area contributed by atoms with Crippen LogP contribution in [-0.4, -0.2) is 24.9 Å². The van der Waals surface area contributed by atoms with E-state index in [9.17, 15) is 9.59 Å². The molecule has 0 heterocycles. The molecule has 2 aromatic rings. The second kappa shape index (κ2) is 8.47. The summed E-state index contributed by atoms with van der Waals surface area (Å²) in [5, 5.41) is 2.91. The monoisotopic (exact) mass is 338 g/mol. The number of carbonyl (C=O) groups excluding carboxylic acids is 2. The van der Waals surface area contributed by atoms with Crippen molar-refractivity contribution in [1.29, 1.82) is 0 Å². The third kappa shape index (κ3) is 5.18. The largest absolute Gasteiger partial charge is 0.354 e. The first kappa shape index (κ1) is 18.7. The Morgan fingerprint density at radius 2 is 1.72 bits per heavy atom. The summed E-state index contributed by atoms with van der Waals surface area (Å²) in [6, 6.07) is 13.9. The first-order valence-corrected chi connectivity index (χ1v) is 8.55. The molecule has 0 atom stereocenters. The fraction of sp³-hybridized carbons (Fsp3) is 0.333. The van der Waals surface area contributed by atoms with Crippen molar-refractivity contribution < 1.29 is 9.59 Å². The van der Waals surface area contributed by atoms with Gasteiger partial charge in [-0.1, -0.05) is 42.0 Å². The van der Waals surface area contributed by atoms with Crippen molar-refractivity contribution in [2.75, 3.05) is 18.0 Å². The van der Waals surface area contributed by atoms with Gasteiger partial charge in [0.2, 0.25) is 11.8 Å². The lowest BCUT2D eigenvalue weighted by Gasteiger charge is -2.23. The highest BCUT2D eigenvalue weighted by molar-refractivity contribution is 5.92. The maximum Gasteiger partial charge on any atom is 0.224 e. The zero-order chi connectivity index (χ0) is 18.4. The van der Waals surface area contributed by atoms with Crippen LogP contribution in [0.15, 0.2) is 42.5 Å². The highest BCUT2D eigenvalue weighted by Gasteiger charge is 2.14. The summed E-state index contributed by atoms with van der Waals surface area (Å²) < 4.78 is 0. The predicted octanol–water partition coefficient (Wildman–Crippen LogP) is 3.32. The van der Waals surface area contributed by atoms with Gasteiger partial charge in [-0.15, -0.1) is 0 Å². The number of benzene rings is 2. The lowest BCUT2D eigenvalue weighted by Crippen LogP contribution is -2.38. The number of nitrogens with one attached hydrogen (secondary N) is 1. The molecule has 4 nitrogen and oxygen atoms in total. The first-order valence-electron chi connectivity index (χ1n) is 8.55. The lowest BCUT2D eigenvalue weighted by molar-refractivity contribution is -0.121. The molecule has 2 aromatic carbocycles. The highest BCUT2D eigenvalue weighted by atomic mass is 16.2. The Morgan fingerprint density at radius 1 is 1.00 bits per heavy atom. The van der Waals surface area contributed by atoms with Crippen molar-refractivity contribution in [3.05, 3.63) is 64.7 Å². The molecule has 0 aromatic heterocycles. The molecule has 0 unspecified atom stereocenters. The van der Waals surface area contributed by atoms with E-state index in [-0.39, 0.29) is 11.8 Å². The molecule has 0 aliphatic heterocycles. The van der Waals surface area contributed by atoms with E-state index in [0.717, 1.165) is 27.9 Å². The summed E-state index contributed by atoms with van der Waals surface area (Å²) >= 11 is 0. The fourth-order valence-corrected chi connectivity index (χ4v) is 2.91. The first-order chi connectivity index (χ1) is 11.9. The van der Waals surface area contributed by atoms with Crippen LogP contribution in [-0.2, 0) is 16.0 Å². The van der Waals surface area contributed by atoms with Crippen LogP contribution < -0.4 is 10.2 Å². The molecule has 2 rings (SSSR count). The molecule has 1 N–H and O–H groups in total. The van der Waals surface area contributed by atoms with Crippen molar-refractivity contribution in [3.63, 3.8) is 0 Å². The molecule has 0 saturated carbocycles. The van der Waals surface area contributed by atoms with Crippen LogP contribution in [0, 0.1) is 20.8 Å². The van der Waals surface area contributed by atoms with Crippen LogP contribution in [0.25, 0.3) is 0 Å². The minimum absolute atomic E-state index is 0.0277. The van der Waals surface area contributed by atoms with E-state index in [4.69, 9.17) is 0 Å². The van der Waals surface area contributed by atoms with Crippen molar-refractivity contribution in [1.82, 2.24) is 5.32 Å². The molecule has 0 spiro atoms. The van der Waals surface area contributed by atoms with Crippen LogP contribution in [0.5, 0.6) is 0 Å². The van der Waals surface area contributed by atoms with E-state index < -0.39 is 0 Å². The van der Waals surface area contributed by atoms with Crippen LogP contribution >= 0.6 is 0 Å². The standard InChI is InChI=1S/C21H26N2O2/c1-15-9-10-20(17(3)13-15)23(18(4)24)12-11-22-21(25)14-19-8-6-5-7-16(19)2/h5-10,13H,11-12,14H2,1-4H3,(H,22,25). The molecule has 0 bridgehead atoms. The summed E-state index contributed by atoms with van der Waals surface area (Å²) in [4.78, 5) is 25.9. The van der Waals surface area contributed by atoms with E-state index >= 15 is 0 Å². The number of hydrogen-bond acceptors (Lipinski definition) is 2. The second-order valence-electron chi connectivity index (χ2n) is 6.41. The molecule has 0 saturated heterocycles. The van der Waals surface area contributed by atoms with Gasteiger partial charge in [0, 0.05) is 25.7 Å². The predicted molar refractivity (Wildman–Crippen MR) is 102 cm³/mol. The van der Waals surface area contributed by atoms with Gasteiger partial charge < -0.3 is 10.2 Å². The Labute approximate surface area is 149 Å². The Balaban J connectivity index is 1.94. The zero-order valence-electron chi connectivity index (χ0n) is 15.4. The van der Waals surface area contributed by atoms with Gasteiger partial charge in [-0.25, -0.2) is 0 Å². The maximum absolute atomic E-state index is 12.1. The minimum atomic E-state index is -0.0292. The minimum Gasteiger partial charge on any atom is -0.354 e. The van der Waals surface area contributed by atoms with Gasteiger partial charge in [-0.3, -0.25) is 9.59 Å². The Hall–Kier alpha value is -2.62. The average molecular weight is 338 g/mol. The Morgan fingerprint density at radius 3 is 2.36 bits per heavy atom. The number of hydrogen-bond donors (Lipinski definition) is 1. The van der Waals surface area contributed by atoms with E-state index in [1.54, 1.807) is 11.8 Å². The van der Waals surface area contributed by atoms with Gasteiger partial charge in [0.25, 0.3) is 0 Å². The molecule has 0 aliphatic carbocycles. The molecular formula is C21H26N2O2. The summed E-state index contributed by atoms with van der Waals surface area (Å²) in [6.07, 6.45) is 0.357. The van der Waals surface area contributed by atoms with Gasteiger partial charge in [0.1, 0.15) is 0 Å². The van der Waals surface area contributed by atoms with Gasteiger partial charge in [-0.05, 0) is 43.5 Å². The van der Waals surface area contributed by atoms with E-state index in [1.165, 1.54) is 0 Å². The SMILES string of the molecule is CC(=O)N(CCNC(=O)Cc1ccccc1C)c1ccc(C)cc1C. The lowest BCUT2D eigenvalue weighted by atomic mass is 10.1. The molecule has 2 amide bonds. The molecular weight excluding hydrogens is 312 g/mol. The number of carbonyl (C=O) groups is 2. The molecule has 4 heteroatoms. The van der Waals surface area contributed by atoms with E-state index in [0.29, 0.717) is 19.5 Å². The number of amides is 2. The molecule has 0 aliphatic rings. The quantitative estimate of drug-likeness (QED) is 0.878. The van der Waals surface area contributed by atoms with Crippen LogP contribution in [0.4, 0.5) is 5.69 Å². The number of nitrogens with zero attached hydrogens (tertiary/aromatic N) is 1. The van der Waals surface area contributed by atoms with Crippen LogP contribution in [0.3, 0.4) is 0 Å². The third-order valence-electron chi connectivity index (χ3n) is 4.29.